The minimum absolute atomic E-state index is 0.191. The maximum absolute atomic E-state index is 13.7. The van der Waals surface area contributed by atoms with Crippen LogP contribution in [0.1, 0.15) is 38.2 Å². The Balaban J connectivity index is 2.21. The Morgan fingerprint density at radius 1 is 1.55 bits per heavy atom. The van der Waals surface area contributed by atoms with Crippen LogP contribution in [-0.4, -0.2) is 18.2 Å². The van der Waals surface area contributed by atoms with E-state index in [1.165, 1.54) is 13.2 Å². The summed E-state index contributed by atoms with van der Waals surface area (Å²) in [5, 5.41) is 9.59. The van der Waals surface area contributed by atoms with Gasteiger partial charge in [-0.25, -0.2) is 4.39 Å². The van der Waals surface area contributed by atoms with Crippen LogP contribution in [0.2, 0.25) is 0 Å². The van der Waals surface area contributed by atoms with Gasteiger partial charge in [0, 0.05) is 0 Å². The Bertz CT molecular complexity index is 500. The zero-order valence-electron chi connectivity index (χ0n) is 12.0. The standard InChI is InChI=1S/C16H21FO3/c1-3-11-6-7-16(9-11,15(18)19)10-12-4-5-14(20-2)13(17)8-12/h4-5,8,11H,3,6-7,9-10H2,1-2H3,(H,18,19). The molecule has 1 aromatic carbocycles. The highest BCUT2D eigenvalue weighted by Gasteiger charge is 2.44. The highest BCUT2D eigenvalue weighted by atomic mass is 19.1. The summed E-state index contributed by atoms with van der Waals surface area (Å²) in [7, 11) is 1.42. The summed E-state index contributed by atoms with van der Waals surface area (Å²) in [6.45, 7) is 2.09. The van der Waals surface area contributed by atoms with E-state index < -0.39 is 17.2 Å². The van der Waals surface area contributed by atoms with Crippen LogP contribution in [0, 0.1) is 17.2 Å². The first-order valence-electron chi connectivity index (χ1n) is 7.06. The van der Waals surface area contributed by atoms with Gasteiger partial charge in [-0.1, -0.05) is 19.4 Å². The van der Waals surface area contributed by atoms with Gasteiger partial charge in [-0.15, -0.1) is 0 Å². The molecule has 4 heteroatoms. The predicted octanol–water partition coefficient (Wildman–Crippen LogP) is 3.66. The predicted molar refractivity (Wildman–Crippen MR) is 74.4 cm³/mol. The molecule has 0 heterocycles. The fourth-order valence-electron chi connectivity index (χ4n) is 3.23. The highest BCUT2D eigenvalue weighted by Crippen LogP contribution is 2.45. The Hall–Kier alpha value is -1.58. The quantitative estimate of drug-likeness (QED) is 0.895. The summed E-state index contributed by atoms with van der Waals surface area (Å²) in [5.74, 6) is -0.537. The van der Waals surface area contributed by atoms with Gasteiger partial charge < -0.3 is 9.84 Å². The second-order valence-electron chi connectivity index (χ2n) is 5.75. The summed E-state index contributed by atoms with van der Waals surface area (Å²) in [6.07, 6.45) is 3.70. The third kappa shape index (κ3) is 2.79. The first-order valence-corrected chi connectivity index (χ1v) is 7.06. The van der Waals surface area contributed by atoms with Crippen LogP contribution in [0.25, 0.3) is 0 Å². The molecule has 1 fully saturated rings. The van der Waals surface area contributed by atoms with Gasteiger partial charge in [-0.2, -0.15) is 0 Å². The molecule has 0 aromatic heterocycles. The van der Waals surface area contributed by atoms with Crippen LogP contribution >= 0.6 is 0 Å². The lowest BCUT2D eigenvalue weighted by Crippen LogP contribution is -2.30. The van der Waals surface area contributed by atoms with E-state index in [1.54, 1.807) is 12.1 Å². The van der Waals surface area contributed by atoms with Crippen LogP contribution < -0.4 is 4.74 Å². The summed E-state index contributed by atoms with van der Waals surface area (Å²) in [6, 6.07) is 4.71. The number of ether oxygens (including phenoxy) is 1. The minimum atomic E-state index is -0.760. The van der Waals surface area contributed by atoms with Crippen molar-refractivity contribution in [3.05, 3.63) is 29.6 Å². The van der Waals surface area contributed by atoms with E-state index in [0.717, 1.165) is 18.4 Å². The number of hydrogen-bond donors (Lipinski definition) is 1. The van der Waals surface area contributed by atoms with Gasteiger partial charge in [0.25, 0.3) is 0 Å². The number of carboxylic acids is 1. The molecule has 0 aliphatic heterocycles. The number of methoxy groups -OCH3 is 1. The van der Waals surface area contributed by atoms with Crippen LogP contribution in [0.3, 0.4) is 0 Å². The number of rotatable bonds is 5. The zero-order valence-corrected chi connectivity index (χ0v) is 12.0. The topological polar surface area (TPSA) is 46.5 Å². The maximum atomic E-state index is 13.7. The third-order valence-electron chi connectivity index (χ3n) is 4.50. The summed E-state index contributed by atoms with van der Waals surface area (Å²) < 4.78 is 18.6. The Kier molecular flexibility index (Phi) is 4.31. The molecule has 0 bridgehead atoms. The van der Waals surface area contributed by atoms with E-state index >= 15 is 0 Å². The second-order valence-corrected chi connectivity index (χ2v) is 5.75. The van der Waals surface area contributed by atoms with Crippen molar-refractivity contribution in [2.75, 3.05) is 7.11 Å². The van der Waals surface area contributed by atoms with E-state index in [1.807, 2.05) is 0 Å². The number of carboxylic acid groups (broad SMARTS) is 1. The van der Waals surface area contributed by atoms with Crippen LogP contribution in [0.5, 0.6) is 5.75 Å². The lowest BCUT2D eigenvalue weighted by atomic mass is 9.79. The highest BCUT2D eigenvalue weighted by molar-refractivity contribution is 5.75. The molecule has 2 atom stereocenters. The fourth-order valence-corrected chi connectivity index (χ4v) is 3.23. The fraction of sp³-hybridized carbons (Fsp3) is 0.562. The Morgan fingerprint density at radius 3 is 2.80 bits per heavy atom. The van der Waals surface area contributed by atoms with Crippen molar-refractivity contribution >= 4 is 5.97 Å². The smallest absolute Gasteiger partial charge is 0.309 e. The molecule has 0 saturated heterocycles. The molecule has 0 spiro atoms. The largest absolute Gasteiger partial charge is 0.494 e. The van der Waals surface area contributed by atoms with Crippen molar-refractivity contribution in [2.24, 2.45) is 11.3 Å². The van der Waals surface area contributed by atoms with Crippen molar-refractivity contribution in [3.8, 4) is 5.75 Å². The molecule has 1 aromatic rings. The van der Waals surface area contributed by atoms with Gasteiger partial charge in [0.2, 0.25) is 0 Å². The number of hydrogen-bond acceptors (Lipinski definition) is 2. The van der Waals surface area contributed by atoms with Gasteiger partial charge in [0.15, 0.2) is 11.6 Å². The van der Waals surface area contributed by atoms with Gasteiger partial charge in [0.1, 0.15) is 0 Å². The average Bonchev–Trinajstić information content (AvgIpc) is 2.84. The van der Waals surface area contributed by atoms with Crippen molar-refractivity contribution in [1.29, 1.82) is 0 Å². The molecule has 0 radical (unpaired) electrons. The lowest BCUT2D eigenvalue weighted by molar-refractivity contribution is -0.148. The van der Waals surface area contributed by atoms with Crippen LogP contribution in [0.4, 0.5) is 4.39 Å². The lowest BCUT2D eigenvalue weighted by Gasteiger charge is -2.24. The maximum Gasteiger partial charge on any atom is 0.309 e. The SMILES string of the molecule is CCC1CCC(Cc2ccc(OC)c(F)c2)(C(=O)O)C1. The Morgan fingerprint density at radius 2 is 2.30 bits per heavy atom. The van der Waals surface area contributed by atoms with Gasteiger partial charge in [0.05, 0.1) is 12.5 Å². The number of halogens is 1. The van der Waals surface area contributed by atoms with Crippen LogP contribution in [0.15, 0.2) is 18.2 Å². The number of aliphatic carboxylic acids is 1. The molecule has 110 valence electrons. The average molecular weight is 280 g/mol. The van der Waals surface area contributed by atoms with Crippen molar-refractivity contribution in [2.45, 2.75) is 39.0 Å². The molecule has 1 aliphatic rings. The molecule has 20 heavy (non-hydrogen) atoms. The molecule has 1 N–H and O–H groups in total. The molecular formula is C16H21FO3. The summed E-state index contributed by atoms with van der Waals surface area (Å²) in [5.41, 5.74) is -0.00993. The summed E-state index contributed by atoms with van der Waals surface area (Å²) >= 11 is 0. The normalized spacial score (nSPS) is 25.6. The van der Waals surface area contributed by atoms with Crippen molar-refractivity contribution < 1.29 is 19.0 Å². The van der Waals surface area contributed by atoms with Gasteiger partial charge in [-0.05, 0) is 49.3 Å². The zero-order chi connectivity index (χ0) is 14.8. The molecule has 2 rings (SSSR count). The van der Waals surface area contributed by atoms with E-state index in [0.29, 0.717) is 25.2 Å². The van der Waals surface area contributed by atoms with Gasteiger partial charge in [-0.3, -0.25) is 4.79 Å². The third-order valence-corrected chi connectivity index (χ3v) is 4.50. The van der Waals surface area contributed by atoms with E-state index in [4.69, 9.17) is 4.74 Å². The monoisotopic (exact) mass is 280 g/mol. The molecule has 3 nitrogen and oxygen atoms in total. The van der Waals surface area contributed by atoms with E-state index in [9.17, 15) is 14.3 Å². The van der Waals surface area contributed by atoms with Crippen LogP contribution in [-0.2, 0) is 11.2 Å². The van der Waals surface area contributed by atoms with E-state index in [2.05, 4.69) is 6.92 Å². The summed E-state index contributed by atoms with van der Waals surface area (Å²) in [4.78, 5) is 11.7. The first-order chi connectivity index (χ1) is 9.50. The molecule has 1 aliphatic carbocycles. The first kappa shape index (κ1) is 14.8. The molecular weight excluding hydrogens is 259 g/mol. The number of carbonyl (C=O) groups is 1. The van der Waals surface area contributed by atoms with Crippen molar-refractivity contribution in [3.63, 3.8) is 0 Å². The molecule has 2 unspecified atom stereocenters. The van der Waals surface area contributed by atoms with E-state index in [-0.39, 0.29) is 5.75 Å². The molecule has 0 amide bonds. The number of benzene rings is 1. The van der Waals surface area contributed by atoms with Crippen molar-refractivity contribution in [1.82, 2.24) is 0 Å². The minimum Gasteiger partial charge on any atom is -0.494 e. The second kappa shape index (κ2) is 5.81. The molecule has 1 saturated carbocycles. The van der Waals surface area contributed by atoms with Gasteiger partial charge >= 0.3 is 5.97 Å². The Labute approximate surface area is 118 Å².